The summed E-state index contributed by atoms with van der Waals surface area (Å²) in [6.07, 6.45) is 0. The van der Waals surface area contributed by atoms with E-state index in [1.54, 1.807) is 29.2 Å². The van der Waals surface area contributed by atoms with Crippen LogP contribution in [0.3, 0.4) is 0 Å². The highest BCUT2D eigenvalue weighted by molar-refractivity contribution is 6.03. The number of nitrogens with one attached hydrogen (secondary N) is 1. The number of carbonyl (C=O) groups is 3. The largest absolute Gasteiger partial charge is 0.334 e. The highest BCUT2D eigenvalue weighted by Crippen LogP contribution is 2.20. The van der Waals surface area contributed by atoms with Crippen LogP contribution in [-0.2, 0) is 4.79 Å². The lowest BCUT2D eigenvalue weighted by molar-refractivity contribution is -0.128. The SMILES string of the molecule is N#Cc1ccc(C(=O)N2CC(N3C(=O)CNC3=O)C2)cc1. The average Bonchev–Trinajstić information content (AvgIpc) is 2.78. The van der Waals surface area contributed by atoms with Gasteiger partial charge in [-0.1, -0.05) is 0 Å². The molecule has 106 valence electrons. The third-order valence-electron chi connectivity index (χ3n) is 3.65. The Morgan fingerprint density at radius 3 is 2.43 bits per heavy atom. The monoisotopic (exact) mass is 284 g/mol. The van der Waals surface area contributed by atoms with Gasteiger partial charge in [0.1, 0.15) is 0 Å². The fourth-order valence-electron chi connectivity index (χ4n) is 2.46. The summed E-state index contributed by atoms with van der Waals surface area (Å²) < 4.78 is 0. The van der Waals surface area contributed by atoms with E-state index < -0.39 is 6.03 Å². The van der Waals surface area contributed by atoms with Crippen molar-refractivity contribution >= 4 is 17.8 Å². The van der Waals surface area contributed by atoms with Crippen molar-refractivity contribution in [1.82, 2.24) is 15.1 Å². The molecule has 0 atom stereocenters. The highest BCUT2D eigenvalue weighted by Gasteiger charge is 2.42. The van der Waals surface area contributed by atoms with Gasteiger partial charge in [0.2, 0.25) is 5.91 Å². The van der Waals surface area contributed by atoms with E-state index in [0.29, 0.717) is 24.2 Å². The maximum Gasteiger partial charge on any atom is 0.324 e. The van der Waals surface area contributed by atoms with Gasteiger partial charge in [0.25, 0.3) is 5.91 Å². The Bertz CT molecular complexity index is 640. The average molecular weight is 284 g/mol. The molecular weight excluding hydrogens is 272 g/mol. The molecule has 21 heavy (non-hydrogen) atoms. The van der Waals surface area contributed by atoms with Crippen LogP contribution >= 0.6 is 0 Å². The lowest BCUT2D eigenvalue weighted by Gasteiger charge is -2.42. The number of nitrogens with zero attached hydrogens (tertiary/aromatic N) is 3. The van der Waals surface area contributed by atoms with E-state index in [0.717, 1.165) is 0 Å². The molecule has 1 aromatic carbocycles. The van der Waals surface area contributed by atoms with Crippen molar-refractivity contribution in [1.29, 1.82) is 5.26 Å². The molecule has 0 saturated carbocycles. The number of amides is 4. The van der Waals surface area contributed by atoms with Crippen LogP contribution in [-0.4, -0.2) is 53.3 Å². The Kier molecular flexibility index (Phi) is 3.06. The number of carbonyl (C=O) groups excluding carboxylic acids is 3. The minimum Gasteiger partial charge on any atom is -0.334 e. The van der Waals surface area contributed by atoms with Gasteiger partial charge in [0, 0.05) is 18.7 Å². The van der Waals surface area contributed by atoms with E-state index in [2.05, 4.69) is 5.32 Å². The number of imide groups is 1. The smallest absolute Gasteiger partial charge is 0.324 e. The number of nitriles is 1. The summed E-state index contributed by atoms with van der Waals surface area (Å²) in [5, 5.41) is 11.2. The maximum absolute atomic E-state index is 12.2. The first kappa shape index (κ1) is 13.1. The first-order valence-corrected chi connectivity index (χ1v) is 6.49. The fourth-order valence-corrected chi connectivity index (χ4v) is 2.46. The Balaban J connectivity index is 1.63. The van der Waals surface area contributed by atoms with Crippen molar-refractivity contribution in [3.05, 3.63) is 35.4 Å². The molecule has 0 bridgehead atoms. The number of benzene rings is 1. The molecule has 2 heterocycles. The first-order valence-electron chi connectivity index (χ1n) is 6.49. The van der Waals surface area contributed by atoms with Crippen molar-refractivity contribution < 1.29 is 14.4 Å². The molecule has 2 aliphatic rings. The van der Waals surface area contributed by atoms with E-state index in [1.165, 1.54) is 4.90 Å². The van der Waals surface area contributed by atoms with Crippen molar-refractivity contribution in [3.8, 4) is 6.07 Å². The summed E-state index contributed by atoms with van der Waals surface area (Å²) in [6, 6.07) is 7.72. The Labute approximate surface area is 120 Å². The number of hydrogen-bond acceptors (Lipinski definition) is 4. The number of hydrogen-bond donors (Lipinski definition) is 1. The predicted octanol–water partition coefficient (Wildman–Crippen LogP) is -0.0655. The second kappa shape index (κ2) is 4.90. The van der Waals surface area contributed by atoms with Crippen LogP contribution < -0.4 is 5.32 Å². The number of rotatable bonds is 2. The van der Waals surface area contributed by atoms with Crippen LogP contribution in [0, 0.1) is 11.3 Å². The zero-order valence-corrected chi connectivity index (χ0v) is 11.1. The summed E-state index contributed by atoms with van der Waals surface area (Å²) in [5.74, 6) is -0.418. The van der Waals surface area contributed by atoms with Crippen molar-refractivity contribution in [2.24, 2.45) is 0 Å². The topological polar surface area (TPSA) is 93.5 Å². The van der Waals surface area contributed by atoms with Gasteiger partial charge in [0.15, 0.2) is 0 Å². The molecule has 0 aromatic heterocycles. The third-order valence-corrected chi connectivity index (χ3v) is 3.65. The lowest BCUT2D eigenvalue weighted by Crippen LogP contribution is -2.62. The molecule has 0 aliphatic carbocycles. The molecule has 3 rings (SSSR count). The second-order valence-corrected chi connectivity index (χ2v) is 4.98. The predicted molar refractivity (Wildman–Crippen MR) is 71.1 cm³/mol. The number of urea groups is 1. The third kappa shape index (κ3) is 2.21. The lowest BCUT2D eigenvalue weighted by atomic mass is 10.0. The molecule has 4 amide bonds. The quantitative estimate of drug-likeness (QED) is 0.769. The molecule has 0 spiro atoms. The van der Waals surface area contributed by atoms with Gasteiger partial charge in [-0.25, -0.2) is 4.79 Å². The molecule has 2 aliphatic heterocycles. The van der Waals surface area contributed by atoms with Crippen LogP contribution in [0.25, 0.3) is 0 Å². The van der Waals surface area contributed by atoms with Crippen LogP contribution in [0.5, 0.6) is 0 Å². The van der Waals surface area contributed by atoms with Gasteiger partial charge in [0.05, 0.1) is 24.2 Å². The van der Waals surface area contributed by atoms with Crippen LogP contribution in [0.15, 0.2) is 24.3 Å². The fraction of sp³-hybridized carbons (Fsp3) is 0.286. The molecular formula is C14H12N4O3. The molecule has 2 saturated heterocycles. The Hall–Kier alpha value is -2.88. The van der Waals surface area contributed by atoms with Gasteiger partial charge in [-0.2, -0.15) is 5.26 Å². The van der Waals surface area contributed by atoms with Crippen molar-refractivity contribution in [2.45, 2.75) is 6.04 Å². The van der Waals surface area contributed by atoms with Crippen molar-refractivity contribution in [2.75, 3.05) is 19.6 Å². The minimum absolute atomic E-state index is 0.0267. The van der Waals surface area contributed by atoms with Gasteiger partial charge >= 0.3 is 6.03 Å². The maximum atomic E-state index is 12.2. The van der Waals surface area contributed by atoms with E-state index in [1.807, 2.05) is 6.07 Å². The summed E-state index contributed by atoms with van der Waals surface area (Å²) in [4.78, 5) is 38.0. The van der Waals surface area contributed by atoms with Gasteiger partial charge in [-0.3, -0.25) is 14.5 Å². The van der Waals surface area contributed by atoms with E-state index >= 15 is 0 Å². The van der Waals surface area contributed by atoms with Crippen LogP contribution in [0.1, 0.15) is 15.9 Å². The summed E-state index contributed by atoms with van der Waals surface area (Å²) in [5.41, 5.74) is 0.983. The Morgan fingerprint density at radius 1 is 1.24 bits per heavy atom. The highest BCUT2D eigenvalue weighted by atomic mass is 16.2. The Morgan fingerprint density at radius 2 is 1.90 bits per heavy atom. The molecule has 2 fully saturated rings. The standard InChI is InChI=1S/C14H12N4O3/c15-5-9-1-3-10(4-2-9)13(20)17-7-11(8-17)18-12(19)6-16-14(18)21/h1-4,11H,6-8H2,(H,16,21). The molecule has 7 heteroatoms. The summed E-state index contributed by atoms with van der Waals surface area (Å²) >= 11 is 0. The van der Waals surface area contributed by atoms with Gasteiger partial charge in [-0.05, 0) is 24.3 Å². The van der Waals surface area contributed by atoms with Gasteiger partial charge < -0.3 is 10.2 Å². The van der Waals surface area contributed by atoms with E-state index in [9.17, 15) is 14.4 Å². The zero-order chi connectivity index (χ0) is 15.0. The normalized spacial score (nSPS) is 18.2. The molecule has 1 aromatic rings. The van der Waals surface area contributed by atoms with Crippen LogP contribution in [0.2, 0.25) is 0 Å². The molecule has 0 radical (unpaired) electrons. The first-order chi connectivity index (χ1) is 10.1. The zero-order valence-electron chi connectivity index (χ0n) is 11.1. The summed E-state index contributed by atoms with van der Waals surface area (Å²) in [7, 11) is 0. The molecule has 0 unspecified atom stereocenters. The molecule has 1 N–H and O–H groups in total. The second-order valence-electron chi connectivity index (χ2n) is 4.98. The summed E-state index contributed by atoms with van der Waals surface area (Å²) in [6.45, 7) is 0.717. The van der Waals surface area contributed by atoms with E-state index in [-0.39, 0.29) is 24.4 Å². The van der Waals surface area contributed by atoms with E-state index in [4.69, 9.17) is 5.26 Å². The minimum atomic E-state index is -0.393. The number of likely N-dealkylation sites (tertiary alicyclic amines) is 1. The van der Waals surface area contributed by atoms with Crippen molar-refractivity contribution in [3.63, 3.8) is 0 Å². The van der Waals surface area contributed by atoms with Gasteiger partial charge in [-0.15, -0.1) is 0 Å². The molecule has 7 nitrogen and oxygen atoms in total. The van der Waals surface area contributed by atoms with Crippen LogP contribution in [0.4, 0.5) is 4.79 Å².